The first-order chi connectivity index (χ1) is 29.9. The maximum absolute atomic E-state index is 14.2. The average molecular weight is 868 g/mol. The lowest BCUT2D eigenvalue weighted by Crippen LogP contribution is -2.68. The maximum Gasteiger partial charge on any atom is 0.338 e. The lowest BCUT2D eigenvalue weighted by Gasteiger charge is -2.47. The van der Waals surface area contributed by atoms with Crippen molar-refractivity contribution in [2.24, 2.45) is 0 Å². The van der Waals surface area contributed by atoms with E-state index < -0.39 is 66.0 Å². The van der Waals surface area contributed by atoms with Gasteiger partial charge in [-0.25, -0.2) is 14.4 Å². The van der Waals surface area contributed by atoms with Crippen molar-refractivity contribution in [1.29, 1.82) is 0 Å². The fraction of sp³-hybridized carbons (Fsp3) is 0.204. The van der Waals surface area contributed by atoms with E-state index in [4.69, 9.17) is 23.4 Å². The number of rotatable bonds is 14. The van der Waals surface area contributed by atoms with E-state index in [1.165, 1.54) is 12.1 Å². The molecule has 62 heavy (non-hydrogen) atoms. The van der Waals surface area contributed by atoms with Gasteiger partial charge in [0, 0.05) is 17.0 Å². The molecule has 13 heteroatoms. The van der Waals surface area contributed by atoms with Gasteiger partial charge in [0.15, 0.2) is 18.3 Å². The molecule has 0 bridgehead atoms. The first-order valence-corrected chi connectivity index (χ1v) is 22.8. The predicted octanol–water partition coefficient (Wildman–Crippen LogP) is 8.67. The summed E-state index contributed by atoms with van der Waals surface area (Å²) in [6, 6.07) is 50.8. The molecule has 1 saturated heterocycles. The van der Waals surface area contributed by atoms with Gasteiger partial charge in [-0.2, -0.15) is 0 Å². The van der Waals surface area contributed by atoms with E-state index in [1.54, 1.807) is 103 Å². The summed E-state index contributed by atoms with van der Waals surface area (Å²) in [6.45, 7) is 6.23. The highest BCUT2D eigenvalue weighted by molar-refractivity contribution is 7.99. The van der Waals surface area contributed by atoms with Crippen molar-refractivity contribution in [1.82, 2.24) is 0 Å². The van der Waals surface area contributed by atoms with Gasteiger partial charge >= 0.3 is 17.9 Å². The summed E-state index contributed by atoms with van der Waals surface area (Å²) in [5, 5.41) is 13.1. The standard InChI is InChI=1S/C49H45NO10SSi/c1-49(2,3)62(39-25-15-7-16-26-39,40-27-17-8-18-28-40)56-33-41-42(58-45(51)34-19-9-4-10-20-34)43(59-46(52)35-21-11-5-12-22-35)44(60-47(53)36-23-13-6-14-24-36)48(57-41)61-38-31-29-37(30-32-38)50(54)55/h4-32,41-44,48H,33H2,1-3H3/t41-,42+,43+,44-,48+/m1/s1. The Morgan fingerprint density at radius 2 is 0.968 bits per heavy atom. The van der Waals surface area contributed by atoms with Crippen LogP contribution in [0.1, 0.15) is 51.8 Å². The molecular formula is C49H45NO10SSi. The summed E-state index contributed by atoms with van der Waals surface area (Å²) in [7, 11) is -3.26. The highest BCUT2D eigenvalue weighted by atomic mass is 32.2. The van der Waals surface area contributed by atoms with Gasteiger partial charge in [-0.15, -0.1) is 0 Å². The van der Waals surface area contributed by atoms with Gasteiger partial charge in [0.1, 0.15) is 11.5 Å². The number of thioether (sulfide) groups is 1. The van der Waals surface area contributed by atoms with Gasteiger partial charge < -0.3 is 23.4 Å². The van der Waals surface area contributed by atoms with E-state index in [2.05, 4.69) is 45.0 Å². The molecule has 1 heterocycles. The van der Waals surface area contributed by atoms with Crippen molar-refractivity contribution in [3.05, 3.63) is 203 Å². The molecule has 0 spiro atoms. The Balaban J connectivity index is 1.38. The molecule has 0 N–H and O–H groups in total. The fourth-order valence-corrected chi connectivity index (χ4v) is 13.2. The van der Waals surface area contributed by atoms with Gasteiger partial charge in [-0.1, -0.05) is 148 Å². The van der Waals surface area contributed by atoms with Crippen molar-refractivity contribution < 1.29 is 42.7 Å². The van der Waals surface area contributed by atoms with E-state index in [-0.39, 0.29) is 29.0 Å². The second kappa shape index (κ2) is 19.6. The summed E-state index contributed by atoms with van der Waals surface area (Å²) in [6.07, 6.45) is -5.37. The molecule has 0 aliphatic carbocycles. The minimum Gasteiger partial charge on any atom is -0.452 e. The molecule has 1 aliphatic rings. The van der Waals surface area contributed by atoms with Crippen LogP contribution in [0, 0.1) is 10.1 Å². The van der Waals surface area contributed by atoms with Crippen LogP contribution in [0.5, 0.6) is 0 Å². The minimum absolute atomic E-state index is 0.120. The largest absolute Gasteiger partial charge is 0.452 e. The minimum atomic E-state index is -3.26. The van der Waals surface area contributed by atoms with Gasteiger partial charge in [0.05, 0.1) is 28.2 Å². The van der Waals surface area contributed by atoms with E-state index in [1.807, 2.05) is 36.4 Å². The van der Waals surface area contributed by atoms with Crippen LogP contribution in [-0.2, 0) is 23.4 Å². The second-order valence-corrected chi connectivity index (χ2v) is 21.1. The SMILES string of the molecule is CC(C)(C)[Si](OC[C@H]1O[C@@H](Sc2ccc([N+](=O)[O-])cc2)[C@H](OC(=O)c2ccccc2)[C@@H](OC(=O)c2ccccc2)[C@H]1OC(=O)c1ccccc1)(c1ccccc1)c1ccccc1. The van der Waals surface area contributed by atoms with Gasteiger partial charge in [0.25, 0.3) is 14.0 Å². The average Bonchev–Trinajstić information content (AvgIpc) is 3.29. The lowest BCUT2D eigenvalue weighted by molar-refractivity contribution is -0.384. The fourth-order valence-electron chi connectivity index (χ4n) is 7.56. The van der Waals surface area contributed by atoms with E-state index in [9.17, 15) is 24.5 Å². The van der Waals surface area contributed by atoms with Crippen molar-refractivity contribution in [3.8, 4) is 0 Å². The van der Waals surface area contributed by atoms with Crippen molar-refractivity contribution in [2.45, 2.75) is 60.6 Å². The predicted molar refractivity (Wildman–Crippen MR) is 238 cm³/mol. The summed E-state index contributed by atoms with van der Waals surface area (Å²) in [5.41, 5.74) is -0.593. The zero-order chi connectivity index (χ0) is 43.7. The van der Waals surface area contributed by atoms with Crippen molar-refractivity contribution in [3.63, 3.8) is 0 Å². The number of esters is 3. The molecule has 6 aromatic rings. The molecule has 1 aliphatic heterocycles. The van der Waals surface area contributed by atoms with E-state index >= 15 is 0 Å². The first-order valence-electron chi connectivity index (χ1n) is 20.0. The number of nitro groups is 1. The van der Waals surface area contributed by atoms with Crippen LogP contribution in [0.25, 0.3) is 0 Å². The molecule has 316 valence electrons. The molecular weight excluding hydrogens is 823 g/mol. The molecule has 0 amide bonds. The van der Waals surface area contributed by atoms with Crippen LogP contribution in [0.2, 0.25) is 5.04 Å². The number of non-ortho nitro benzene ring substituents is 1. The van der Waals surface area contributed by atoms with Crippen LogP contribution in [0.4, 0.5) is 5.69 Å². The molecule has 6 aromatic carbocycles. The number of carbonyl (C=O) groups is 3. The monoisotopic (exact) mass is 867 g/mol. The molecule has 0 saturated carbocycles. The maximum atomic E-state index is 14.2. The summed E-state index contributed by atoms with van der Waals surface area (Å²) >= 11 is 1.11. The number of ether oxygens (including phenoxy) is 4. The summed E-state index contributed by atoms with van der Waals surface area (Å²) < 4.78 is 33.4. The van der Waals surface area contributed by atoms with E-state index in [0.29, 0.717) is 4.90 Å². The van der Waals surface area contributed by atoms with Crippen LogP contribution in [-0.4, -0.2) is 67.6 Å². The van der Waals surface area contributed by atoms with Crippen LogP contribution >= 0.6 is 11.8 Å². The zero-order valence-electron chi connectivity index (χ0n) is 34.3. The molecule has 1 fully saturated rings. The van der Waals surface area contributed by atoms with E-state index in [0.717, 1.165) is 22.1 Å². The summed E-state index contributed by atoms with van der Waals surface area (Å²) in [5.74, 6) is -2.24. The molecule has 11 nitrogen and oxygen atoms in total. The zero-order valence-corrected chi connectivity index (χ0v) is 36.1. The number of nitrogens with zero attached hydrogens (tertiary/aromatic N) is 1. The molecule has 5 atom stereocenters. The van der Waals surface area contributed by atoms with Crippen LogP contribution < -0.4 is 10.4 Å². The van der Waals surface area contributed by atoms with Crippen LogP contribution in [0.15, 0.2) is 181 Å². The first kappa shape index (κ1) is 43.7. The Morgan fingerprint density at radius 1 is 0.581 bits per heavy atom. The number of hydrogen-bond donors (Lipinski definition) is 0. The highest BCUT2D eigenvalue weighted by Crippen LogP contribution is 2.41. The molecule has 0 aromatic heterocycles. The van der Waals surface area contributed by atoms with Gasteiger partial charge in [0.2, 0.25) is 0 Å². The highest BCUT2D eigenvalue weighted by Gasteiger charge is 2.56. The summed E-state index contributed by atoms with van der Waals surface area (Å²) in [4.78, 5) is 54.0. The quantitative estimate of drug-likeness (QED) is 0.0342. The Hall–Kier alpha value is -6.38. The Bertz CT molecular complexity index is 2400. The van der Waals surface area contributed by atoms with Crippen molar-refractivity contribution in [2.75, 3.05) is 6.61 Å². The lowest BCUT2D eigenvalue weighted by atomic mass is 9.98. The third kappa shape index (κ3) is 9.87. The van der Waals surface area contributed by atoms with Crippen molar-refractivity contribution >= 4 is 54.0 Å². The third-order valence-electron chi connectivity index (χ3n) is 10.5. The number of nitro benzene ring substituents is 1. The smallest absolute Gasteiger partial charge is 0.338 e. The van der Waals surface area contributed by atoms with Crippen LogP contribution in [0.3, 0.4) is 0 Å². The Labute approximate surface area is 365 Å². The van der Waals surface area contributed by atoms with Gasteiger partial charge in [-0.05, 0) is 63.9 Å². The Morgan fingerprint density at radius 3 is 1.37 bits per heavy atom. The number of hydrogen-bond acceptors (Lipinski definition) is 11. The number of carbonyl (C=O) groups excluding carboxylic acids is 3. The molecule has 0 radical (unpaired) electrons. The normalized spacial score (nSPS) is 18.9. The third-order valence-corrected chi connectivity index (χ3v) is 16.7. The molecule has 7 rings (SSSR count). The van der Waals surface area contributed by atoms with Gasteiger partial charge in [-0.3, -0.25) is 10.1 Å². The second-order valence-electron chi connectivity index (χ2n) is 15.6. The number of benzene rings is 6. The topological polar surface area (TPSA) is 141 Å². The molecule has 0 unspecified atom stereocenters. The Kier molecular flexibility index (Phi) is 13.8.